The Labute approximate surface area is 89.2 Å². The van der Waals surface area contributed by atoms with Gasteiger partial charge >= 0.3 is 7.60 Å². The highest BCUT2D eigenvalue weighted by Crippen LogP contribution is 2.56. The van der Waals surface area contributed by atoms with Crippen molar-refractivity contribution in [3.05, 3.63) is 16.6 Å². The summed E-state index contributed by atoms with van der Waals surface area (Å²) >= 11 is 0. The molecule has 0 aliphatic rings. The fourth-order valence-corrected chi connectivity index (χ4v) is 2.21. The molecule has 0 aliphatic heterocycles. The van der Waals surface area contributed by atoms with E-state index in [1.807, 2.05) is 0 Å². The van der Waals surface area contributed by atoms with E-state index in [4.69, 9.17) is 13.8 Å². The molecule has 0 fully saturated rings. The van der Waals surface area contributed by atoms with E-state index in [0.29, 0.717) is 5.57 Å². The first-order chi connectivity index (χ1) is 6.96. The summed E-state index contributed by atoms with van der Waals surface area (Å²) in [7, 11) is 0.151. The Morgan fingerprint density at radius 3 is 1.80 bits per heavy atom. The number of ether oxygens (including phenoxy) is 1. The third-order valence-corrected chi connectivity index (χ3v) is 3.53. The Kier molecular flexibility index (Phi) is 5.55. The molecule has 0 saturated carbocycles. The Morgan fingerprint density at radius 2 is 1.60 bits per heavy atom. The van der Waals surface area contributed by atoms with Crippen LogP contribution in [-0.2, 0) is 23.1 Å². The Bertz CT molecular complexity index is 340. The zero-order valence-electron chi connectivity index (χ0n) is 9.49. The van der Waals surface area contributed by atoms with E-state index in [-0.39, 0.29) is 11.1 Å². The summed E-state index contributed by atoms with van der Waals surface area (Å²) in [6.45, 7) is 3.43. The standard InChI is InChI=1S/C9H15O5P/c1-7(2)9(12-3)8(6-10)15(11,13-4)14-5/h1-5H3. The molecule has 86 valence electrons. The summed E-state index contributed by atoms with van der Waals surface area (Å²) in [5.74, 6) is 1.73. The van der Waals surface area contributed by atoms with Crippen molar-refractivity contribution in [2.75, 3.05) is 21.3 Å². The highest BCUT2D eigenvalue weighted by molar-refractivity contribution is 7.59. The van der Waals surface area contributed by atoms with Crippen LogP contribution in [0.15, 0.2) is 16.6 Å². The minimum Gasteiger partial charge on any atom is -0.495 e. The first kappa shape index (κ1) is 14.1. The van der Waals surface area contributed by atoms with Gasteiger partial charge in [0.05, 0.1) is 7.11 Å². The van der Waals surface area contributed by atoms with E-state index in [1.165, 1.54) is 21.3 Å². The molecule has 0 N–H and O–H groups in total. The average molecular weight is 234 g/mol. The van der Waals surface area contributed by atoms with Crippen LogP contribution in [0.3, 0.4) is 0 Å². The zero-order chi connectivity index (χ0) is 12.1. The molecule has 6 heteroatoms. The van der Waals surface area contributed by atoms with Gasteiger partial charge in [-0.2, -0.15) is 0 Å². The predicted octanol–water partition coefficient (Wildman–Crippen LogP) is 2.13. The molecule has 0 amide bonds. The van der Waals surface area contributed by atoms with Gasteiger partial charge in [-0.15, -0.1) is 0 Å². The average Bonchev–Trinajstić information content (AvgIpc) is 2.24. The Morgan fingerprint density at radius 1 is 1.13 bits per heavy atom. The Hall–Kier alpha value is -0.860. The second-order valence-corrected chi connectivity index (χ2v) is 5.02. The van der Waals surface area contributed by atoms with E-state index < -0.39 is 7.60 Å². The molecular formula is C9H15O5P. The van der Waals surface area contributed by atoms with Gasteiger partial charge in [0.15, 0.2) is 5.31 Å². The molecule has 5 nitrogen and oxygen atoms in total. The second kappa shape index (κ2) is 5.89. The fraction of sp³-hybridized carbons (Fsp3) is 0.556. The zero-order valence-corrected chi connectivity index (χ0v) is 10.4. The molecular weight excluding hydrogens is 219 g/mol. The third kappa shape index (κ3) is 3.05. The minimum absolute atomic E-state index is 0.178. The third-order valence-electron chi connectivity index (χ3n) is 1.72. The number of hydrogen-bond acceptors (Lipinski definition) is 5. The van der Waals surface area contributed by atoms with Crippen molar-refractivity contribution < 1.29 is 23.1 Å². The largest absolute Gasteiger partial charge is 0.495 e. The maximum absolute atomic E-state index is 11.9. The van der Waals surface area contributed by atoms with E-state index in [0.717, 1.165) is 0 Å². The van der Waals surface area contributed by atoms with Gasteiger partial charge in [0, 0.05) is 14.2 Å². The molecule has 0 atom stereocenters. The Balaban J connectivity index is 5.57. The van der Waals surface area contributed by atoms with Crippen LogP contribution in [0.4, 0.5) is 0 Å². The lowest BCUT2D eigenvalue weighted by Gasteiger charge is -2.16. The van der Waals surface area contributed by atoms with Crippen molar-refractivity contribution in [1.29, 1.82) is 0 Å². The van der Waals surface area contributed by atoms with Crippen molar-refractivity contribution in [2.45, 2.75) is 13.8 Å². The summed E-state index contributed by atoms with van der Waals surface area (Å²) < 4.78 is 26.3. The summed E-state index contributed by atoms with van der Waals surface area (Å²) in [6.07, 6.45) is 0. The van der Waals surface area contributed by atoms with Crippen molar-refractivity contribution >= 4 is 13.5 Å². The topological polar surface area (TPSA) is 61.8 Å². The van der Waals surface area contributed by atoms with Gasteiger partial charge in [0.2, 0.25) is 0 Å². The molecule has 0 saturated heterocycles. The summed E-state index contributed by atoms with van der Waals surface area (Å²) in [5, 5.41) is -0.227. The lowest BCUT2D eigenvalue weighted by molar-refractivity contribution is 0.268. The number of carbonyl (C=O) groups excluding carboxylic acids is 1. The summed E-state index contributed by atoms with van der Waals surface area (Å²) in [4.78, 5) is 10.8. The molecule has 0 bridgehead atoms. The summed E-state index contributed by atoms with van der Waals surface area (Å²) in [5.41, 5.74) is 0.685. The number of rotatable bonds is 5. The molecule has 0 aromatic heterocycles. The smallest absolute Gasteiger partial charge is 0.375 e. The molecule has 0 radical (unpaired) electrons. The minimum atomic E-state index is -3.61. The van der Waals surface area contributed by atoms with Crippen LogP contribution in [0.1, 0.15) is 13.8 Å². The van der Waals surface area contributed by atoms with Gasteiger partial charge in [-0.3, -0.25) is 4.57 Å². The van der Waals surface area contributed by atoms with Crippen molar-refractivity contribution in [1.82, 2.24) is 0 Å². The molecule has 0 aromatic carbocycles. The fourth-order valence-electron chi connectivity index (χ4n) is 1.02. The first-order valence-electron chi connectivity index (χ1n) is 4.15. The normalized spacial score (nSPS) is 10.5. The molecule has 15 heavy (non-hydrogen) atoms. The maximum atomic E-state index is 11.9. The molecule has 0 aromatic rings. The highest BCUT2D eigenvalue weighted by atomic mass is 31.2. The lowest BCUT2D eigenvalue weighted by atomic mass is 10.3. The first-order valence-corrected chi connectivity index (χ1v) is 5.70. The van der Waals surface area contributed by atoms with Gasteiger partial charge < -0.3 is 13.8 Å². The van der Waals surface area contributed by atoms with Crippen molar-refractivity contribution in [3.8, 4) is 0 Å². The van der Waals surface area contributed by atoms with Crippen LogP contribution in [0.25, 0.3) is 0 Å². The van der Waals surface area contributed by atoms with Crippen LogP contribution in [0.2, 0.25) is 0 Å². The van der Waals surface area contributed by atoms with Crippen molar-refractivity contribution in [2.24, 2.45) is 0 Å². The second-order valence-electron chi connectivity index (χ2n) is 2.85. The maximum Gasteiger partial charge on any atom is 0.375 e. The summed E-state index contributed by atoms with van der Waals surface area (Å²) in [6, 6.07) is 0. The van der Waals surface area contributed by atoms with Crippen LogP contribution < -0.4 is 0 Å². The van der Waals surface area contributed by atoms with Gasteiger partial charge in [0.1, 0.15) is 11.7 Å². The number of allylic oxidation sites excluding steroid dienone is 2. The van der Waals surface area contributed by atoms with E-state index in [9.17, 15) is 9.36 Å². The van der Waals surface area contributed by atoms with E-state index in [1.54, 1.807) is 19.8 Å². The molecule has 0 aliphatic carbocycles. The molecule has 0 unspecified atom stereocenters. The lowest BCUT2D eigenvalue weighted by Crippen LogP contribution is -2.01. The van der Waals surface area contributed by atoms with Crippen LogP contribution in [-0.4, -0.2) is 27.3 Å². The molecule has 0 rings (SSSR count). The monoisotopic (exact) mass is 234 g/mol. The molecule has 0 heterocycles. The SMILES string of the molecule is COC(C(=C=O)P(=O)(OC)OC)=C(C)C. The predicted molar refractivity (Wildman–Crippen MR) is 56.2 cm³/mol. The van der Waals surface area contributed by atoms with Gasteiger partial charge in [-0.05, 0) is 19.4 Å². The number of methoxy groups -OCH3 is 1. The van der Waals surface area contributed by atoms with Gasteiger partial charge in [-0.1, -0.05) is 0 Å². The van der Waals surface area contributed by atoms with Crippen molar-refractivity contribution in [3.63, 3.8) is 0 Å². The number of hydrogen-bond donors (Lipinski definition) is 0. The molecule has 0 spiro atoms. The van der Waals surface area contributed by atoms with Crippen LogP contribution >= 0.6 is 7.60 Å². The van der Waals surface area contributed by atoms with Crippen LogP contribution in [0, 0.1) is 0 Å². The quantitative estimate of drug-likeness (QED) is 0.315. The van der Waals surface area contributed by atoms with Gasteiger partial charge in [0.25, 0.3) is 0 Å². The van der Waals surface area contributed by atoms with Crippen LogP contribution in [0.5, 0.6) is 0 Å². The highest BCUT2D eigenvalue weighted by Gasteiger charge is 2.33. The van der Waals surface area contributed by atoms with E-state index in [2.05, 4.69) is 0 Å². The van der Waals surface area contributed by atoms with E-state index >= 15 is 0 Å². The van der Waals surface area contributed by atoms with Gasteiger partial charge in [-0.25, -0.2) is 4.79 Å².